The van der Waals surface area contributed by atoms with Gasteiger partial charge in [-0.15, -0.1) is 0 Å². The summed E-state index contributed by atoms with van der Waals surface area (Å²) in [5.41, 5.74) is 2.22. The lowest BCUT2D eigenvalue weighted by molar-refractivity contribution is -0.142. The summed E-state index contributed by atoms with van der Waals surface area (Å²) >= 11 is 0. The third-order valence-electron chi connectivity index (χ3n) is 4.52. The Morgan fingerprint density at radius 3 is 2.61 bits per heavy atom. The zero-order chi connectivity index (χ0) is 19.5. The third kappa shape index (κ3) is 3.73. The molecule has 2 aliphatic rings. The molecule has 2 heterocycles. The molecule has 144 valence electrons. The normalized spacial score (nSPS) is 18.8. The number of fused-ring (bicyclic) bond motifs is 1. The highest BCUT2D eigenvalue weighted by Crippen LogP contribution is 2.30. The molecular formula is C20H19N3O5. The number of benzene rings is 2. The molecule has 0 bridgehead atoms. The average Bonchev–Trinajstić information content (AvgIpc) is 2.73. The maximum atomic E-state index is 12.9. The molecule has 0 saturated carbocycles. The van der Waals surface area contributed by atoms with Crippen molar-refractivity contribution in [2.75, 3.05) is 41.9 Å². The van der Waals surface area contributed by atoms with Crippen LogP contribution in [0.25, 0.3) is 0 Å². The minimum absolute atomic E-state index is 0.0483. The fourth-order valence-electron chi connectivity index (χ4n) is 3.13. The lowest BCUT2D eigenvalue weighted by Gasteiger charge is -2.29. The molecule has 0 radical (unpaired) electrons. The quantitative estimate of drug-likeness (QED) is 0.843. The Bertz CT molecular complexity index is 906. The predicted molar refractivity (Wildman–Crippen MR) is 102 cm³/mol. The molecule has 4 rings (SSSR count). The van der Waals surface area contributed by atoms with Gasteiger partial charge in [0.05, 0.1) is 31.2 Å². The second kappa shape index (κ2) is 7.79. The van der Waals surface area contributed by atoms with E-state index >= 15 is 0 Å². The van der Waals surface area contributed by atoms with Crippen molar-refractivity contribution in [3.05, 3.63) is 54.1 Å². The number of anilines is 3. The molecule has 0 spiro atoms. The van der Waals surface area contributed by atoms with Gasteiger partial charge in [0.2, 0.25) is 5.91 Å². The van der Waals surface area contributed by atoms with Gasteiger partial charge in [0.25, 0.3) is 11.8 Å². The summed E-state index contributed by atoms with van der Waals surface area (Å²) in [4.78, 5) is 38.4. The Balaban J connectivity index is 1.47. The lowest BCUT2D eigenvalue weighted by Crippen LogP contribution is -2.42. The molecular weight excluding hydrogens is 362 g/mol. The van der Waals surface area contributed by atoms with Crippen LogP contribution < -0.4 is 15.5 Å². The van der Waals surface area contributed by atoms with Gasteiger partial charge in [0.15, 0.2) is 6.10 Å². The van der Waals surface area contributed by atoms with Crippen molar-refractivity contribution >= 4 is 34.8 Å². The number of carbonyl (C=O) groups excluding carboxylic acids is 3. The summed E-state index contributed by atoms with van der Waals surface area (Å²) in [6, 6.07) is 13.7. The SMILES string of the molecule is O=C1CN(C(=O)c2ccc(NC(=O)C3COCCO3)cc2)c2ccccc2N1. The second-order valence-corrected chi connectivity index (χ2v) is 6.46. The molecule has 1 fully saturated rings. The first-order chi connectivity index (χ1) is 13.6. The zero-order valence-electron chi connectivity index (χ0n) is 15.0. The molecule has 0 aromatic heterocycles. The smallest absolute Gasteiger partial charge is 0.258 e. The monoisotopic (exact) mass is 381 g/mol. The van der Waals surface area contributed by atoms with Crippen molar-refractivity contribution in [1.29, 1.82) is 0 Å². The van der Waals surface area contributed by atoms with E-state index in [-0.39, 0.29) is 30.9 Å². The van der Waals surface area contributed by atoms with E-state index < -0.39 is 6.10 Å². The molecule has 1 atom stereocenters. The van der Waals surface area contributed by atoms with Crippen LogP contribution in [0.15, 0.2) is 48.5 Å². The molecule has 1 saturated heterocycles. The molecule has 1 unspecified atom stereocenters. The van der Waals surface area contributed by atoms with Crippen LogP contribution in [0, 0.1) is 0 Å². The average molecular weight is 381 g/mol. The van der Waals surface area contributed by atoms with Crippen LogP contribution in [0.5, 0.6) is 0 Å². The maximum Gasteiger partial charge on any atom is 0.258 e. The summed E-state index contributed by atoms with van der Waals surface area (Å²) in [6.45, 7) is 1.04. The molecule has 3 amide bonds. The van der Waals surface area contributed by atoms with Gasteiger partial charge in [-0.05, 0) is 36.4 Å². The van der Waals surface area contributed by atoms with Crippen molar-refractivity contribution in [1.82, 2.24) is 0 Å². The summed E-state index contributed by atoms with van der Waals surface area (Å²) < 4.78 is 10.6. The summed E-state index contributed by atoms with van der Waals surface area (Å²) in [7, 11) is 0. The number of hydrogen-bond acceptors (Lipinski definition) is 5. The first-order valence-electron chi connectivity index (χ1n) is 8.93. The molecule has 28 heavy (non-hydrogen) atoms. The minimum Gasteiger partial charge on any atom is -0.376 e. The van der Waals surface area contributed by atoms with Gasteiger partial charge in [-0.3, -0.25) is 19.3 Å². The van der Waals surface area contributed by atoms with Gasteiger partial charge in [-0.1, -0.05) is 12.1 Å². The lowest BCUT2D eigenvalue weighted by atomic mass is 10.1. The van der Waals surface area contributed by atoms with Crippen LogP contribution in [0.1, 0.15) is 10.4 Å². The fraction of sp³-hybridized carbons (Fsp3) is 0.250. The van der Waals surface area contributed by atoms with Crippen molar-refractivity contribution in [3.63, 3.8) is 0 Å². The van der Waals surface area contributed by atoms with E-state index in [1.807, 2.05) is 6.07 Å². The molecule has 2 aliphatic heterocycles. The van der Waals surface area contributed by atoms with Gasteiger partial charge in [0, 0.05) is 11.3 Å². The van der Waals surface area contributed by atoms with Gasteiger partial charge < -0.3 is 20.1 Å². The Morgan fingerprint density at radius 1 is 1.07 bits per heavy atom. The van der Waals surface area contributed by atoms with Gasteiger partial charge in [-0.25, -0.2) is 0 Å². The van der Waals surface area contributed by atoms with Crippen molar-refractivity contribution < 1.29 is 23.9 Å². The number of nitrogens with zero attached hydrogens (tertiary/aromatic N) is 1. The molecule has 2 N–H and O–H groups in total. The van der Waals surface area contributed by atoms with Crippen LogP contribution in [0.2, 0.25) is 0 Å². The minimum atomic E-state index is -0.640. The highest BCUT2D eigenvalue weighted by Gasteiger charge is 2.27. The maximum absolute atomic E-state index is 12.9. The van der Waals surface area contributed by atoms with Crippen LogP contribution in [-0.2, 0) is 19.1 Å². The van der Waals surface area contributed by atoms with Gasteiger partial charge >= 0.3 is 0 Å². The number of rotatable bonds is 3. The van der Waals surface area contributed by atoms with E-state index in [9.17, 15) is 14.4 Å². The highest BCUT2D eigenvalue weighted by atomic mass is 16.6. The van der Waals surface area contributed by atoms with Crippen molar-refractivity contribution in [2.45, 2.75) is 6.10 Å². The first kappa shape index (κ1) is 18.1. The van der Waals surface area contributed by atoms with E-state index in [1.165, 1.54) is 4.90 Å². The standard InChI is InChI=1S/C20H19N3O5/c24-18-11-23(16-4-2-1-3-15(16)22-18)20(26)13-5-7-14(8-6-13)21-19(25)17-12-27-9-10-28-17/h1-8,17H,9-12H2,(H,21,25)(H,22,24). The Hall–Kier alpha value is -3.23. The topological polar surface area (TPSA) is 97.0 Å². The molecule has 2 aromatic rings. The molecule has 8 heteroatoms. The largest absolute Gasteiger partial charge is 0.376 e. The van der Waals surface area contributed by atoms with E-state index in [0.29, 0.717) is 35.8 Å². The van der Waals surface area contributed by atoms with Crippen LogP contribution in [-0.4, -0.2) is 50.2 Å². The molecule has 0 aliphatic carbocycles. The highest BCUT2D eigenvalue weighted by molar-refractivity contribution is 6.15. The van der Waals surface area contributed by atoms with E-state index in [1.54, 1.807) is 42.5 Å². The Morgan fingerprint density at radius 2 is 1.86 bits per heavy atom. The van der Waals surface area contributed by atoms with E-state index in [4.69, 9.17) is 9.47 Å². The number of carbonyl (C=O) groups is 3. The number of ether oxygens (including phenoxy) is 2. The number of nitrogens with one attached hydrogen (secondary N) is 2. The van der Waals surface area contributed by atoms with Crippen LogP contribution >= 0.6 is 0 Å². The molecule has 8 nitrogen and oxygen atoms in total. The third-order valence-corrected chi connectivity index (χ3v) is 4.52. The van der Waals surface area contributed by atoms with Gasteiger partial charge in [0.1, 0.15) is 6.54 Å². The Labute approximate surface area is 161 Å². The summed E-state index contributed by atoms with van der Waals surface area (Å²) in [5.74, 6) is -0.824. The van der Waals surface area contributed by atoms with Crippen molar-refractivity contribution in [3.8, 4) is 0 Å². The fourth-order valence-corrected chi connectivity index (χ4v) is 3.13. The van der Waals surface area contributed by atoms with Crippen molar-refractivity contribution in [2.24, 2.45) is 0 Å². The second-order valence-electron chi connectivity index (χ2n) is 6.46. The molecule has 2 aromatic carbocycles. The summed E-state index contributed by atoms with van der Waals surface area (Å²) in [5, 5.41) is 5.50. The van der Waals surface area contributed by atoms with Crippen LogP contribution in [0.3, 0.4) is 0 Å². The number of para-hydroxylation sites is 2. The zero-order valence-corrected chi connectivity index (χ0v) is 15.0. The number of hydrogen-bond donors (Lipinski definition) is 2. The first-order valence-corrected chi connectivity index (χ1v) is 8.93. The Kier molecular flexibility index (Phi) is 5.05. The van der Waals surface area contributed by atoms with E-state index in [0.717, 1.165) is 0 Å². The predicted octanol–water partition coefficient (Wildman–Crippen LogP) is 1.64. The van der Waals surface area contributed by atoms with Crippen LogP contribution in [0.4, 0.5) is 17.1 Å². The number of amides is 3. The van der Waals surface area contributed by atoms with Gasteiger partial charge in [-0.2, -0.15) is 0 Å². The summed E-state index contributed by atoms with van der Waals surface area (Å²) in [6.07, 6.45) is -0.640. The van der Waals surface area contributed by atoms with E-state index in [2.05, 4.69) is 10.6 Å².